The van der Waals surface area contributed by atoms with Crippen molar-refractivity contribution < 1.29 is 4.39 Å². The molecule has 0 spiro atoms. The van der Waals surface area contributed by atoms with Crippen LogP contribution in [0.4, 0.5) is 4.39 Å². The molecule has 1 aromatic carbocycles. The monoisotopic (exact) mass is 353 g/mol. The minimum Gasteiger partial charge on any atom is -0.310 e. The molecule has 0 amide bonds. The zero-order valence-electron chi connectivity index (χ0n) is 12.9. The minimum atomic E-state index is -0.226. The van der Waals surface area contributed by atoms with Crippen molar-refractivity contribution in [3.8, 4) is 0 Å². The van der Waals surface area contributed by atoms with Gasteiger partial charge in [0.05, 0.1) is 12.2 Å². The van der Waals surface area contributed by atoms with Crippen molar-refractivity contribution in [2.75, 3.05) is 0 Å². The number of halogens is 2. The van der Waals surface area contributed by atoms with E-state index in [2.05, 4.69) is 47.1 Å². The van der Waals surface area contributed by atoms with Crippen molar-refractivity contribution in [1.29, 1.82) is 0 Å². The van der Waals surface area contributed by atoms with Gasteiger partial charge < -0.3 is 5.32 Å². The van der Waals surface area contributed by atoms with Gasteiger partial charge in [0.25, 0.3) is 0 Å². The maximum Gasteiger partial charge on any atom is 0.123 e. The fourth-order valence-electron chi connectivity index (χ4n) is 2.28. The molecule has 0 bridgehead atoms. The van der Waals surface area contributed by atoms with Crippen LogP contribution in [0.1, 0.15) is 36.4 Å². The Morgan fingerprint density at radius 1 is 1.33 bits per heavy atom. The van der Waals surface area contributed by atoms with Crippen LogP contribution in [0.15, 0.2) is 22.7 Å². The molecule has 1 heterocycles. The van der Waals surface area contributed by atoms with E-state index in [4.69, 9.17) is 0 Å². The van der Waals surface area contributed by atoms with E-state index < -0.39 is 0 Å². The number of nitrogens with one attached hydrogen (secondary N) is 1. The molecule has 0 aliphatic carbocycles. The van der Waals surface area contributed by atoms with Gasteiger partial charge >= 0.3 is 0 Å². The number of nitrogens with zero attached hydrogens (tertiary/aromatic N) is 2. The van der Waals surface area contributed by atoms with Gasteiger partial charge in [-0.3, -0.25) is 4.68 Å². The van der Waals surface area contributed by atoms with E-state index >= 15 is 0 Å². The zero-order valence-corrected chi connectivity index (χ0v) is 14.5. The van der Waals surface area contributed by atoms with Crippen molar-refractivity contribution in [1.82, 2.24) is 15.1 Å². The molecule has 0 aliphatic heterocycles. The molecule has 1 N–H and O–H groups in total. The molecule has 0 atom stereocenters. The predicted molar refractivity (Wildman–Crippen MR) is 86.9 cm³/mol. The maximum absolute atomic E-state index is 13.4. The topological polar surface area (TPSA) is 29.9 Å². The third-order valence-corrected chi connectivity index (χ3v) is 4.32. The van der Waals surface area contributed by atoms with Gasteiger partial charge in [-0.15, -0.1) is 0 Å². The van der Waals surface area contributed by atoms with E-state index in [1.807, 2.05) is 11.6 Å². The lowest BCUT2D eigenvalue weighted by molar-refractivity contribution is 0.584. The highest BCUT2D eigenvalue weighted by atomic mass is 79.9. The molecule has 114 valence electrons. The number of hydrogen-bond donors (Lipinski definition) is 1. The highest BCUT2D eigenvalue weighted by molar-refractivity contribution is 9.10. The highest BCUT2D eigenvalue weighted by Crippen LogP contribution is 2.21. The SMILES string of the molecule is Cc1nn(Cc2cc(F)ccc2Br)c(C)c1CNC(C)C. The van der Waals surface area contributed by atoms with Gasteiger partial charge in [0.1, 0.15) is 5.82 Å². The first-order valence-corrected chi connectivity index (χ1v) is 7.88. The average Bonchev–Trinajstić information content (AvgIpc) is 2.66. The molecule has 0 fully saturated rings. The van der Waals surface area contributed by atoms with Crippen LogP contribution in [-0.2, 0) is 13.1 Å². The zero-order chi connectivity index (χ0) is 15.6. The van der Waals surface area contributed by atoms with Crippen LogP contribution in [0, 0.1) is 19.7 Å². The summed E-state index contributed by atoms with van der Waals surface area (Å²) in [5, 5.41) is 8.01. The van der Waals surface area contributed by atoms with Crippen molar-refractivity contribution >= 4 is 15.9 Å². The van der Waals surface area contributed by atoms with Crippen LogP contribution in [0.5, 0.6) is 0 Å². The summed E-state index contributed by atoms with van der Waals surface area (Å²) in [5.74, 6) is -0.226. The van der Waals surface area contributed by atoms with Crippen molar-refractivity contribution in [2.45, 2.75) is 46.8 Å². The van der Waals surface area contributed by atoms with E-state index in [1.165, 1.54) is 11.6 Å². The van der Waals surface area contributed by atoms with E-state index in [-0.39, 0.29) is 5.82 Å². The van der Waals surface area contributed by atoms with Crippen LogP contribution >= 0.6 is 15.9 Å². The van der Waals surface area contributed by atoms with Gasteiger partial charge in [0.2, 0.25) is 0 Å². The molecular formula is C16H21BrFN3. The lowest BCUT2D eigenvalue weighted by Crippen LogP contribution is -2.22. The Balaban J connectivity index is 2.25. The predicted octanol–water partition coefficient (Wildman–Crippen LogP) is 3.95. The Hall–Kier alpha value is -1.20. The summed E-state index contributed by atoms with van der Waals surface area (Å²) < 4.78 is 16.2. The highest BCUT2D eigenvalue weighted by Gasteiger charge is 2.13. The van der Waals surface area contributed by atoms with Crippen LogP contribution in [0.25, 0.3) is 0 Å². The van der Waals surface area contributed by atoms with Gasteiger partial charge in [0.15, 0.2) is 0 Å². The second-order valence-corrected chi connectivity index (χ2v) is 6.43. The summed E-state index contributed by atoms with van der Waals surface area (Å²) in [6.07, 6.45) is 0. The van der Waals surface area contributed by atoms with E-state index in [0.29, 0.717) is 12.6 Å². The molecule has 2 aromatic rings. The third-order valence-electron chi connectivity index (χ3n) is 3.55. The third kappa shape index (κ3) is 3.92. The van der Waals surface area contributed by atoms with Gasteiger partial charge in [-0.1, -0.05) is 29.8 Å². The van der Waals surface area contributed by atoms with E-state index in [1.54, 1.807) is 12.1 Å². The summed E-state index contributed by atoms with van der Waals surface area (Å²) in [5.41, 5.74) is 4.25. The molecule has 0 aliphatic rings. The number of hydrogen-bond acceptors (Lipinski definition) is 2. The van der Waals surface area contributed by atoms with Crippen LogP contribution in [-0.4, -0.2) is 15.8 Å². The fourth-order valence-corrected chi connectivity index (χ4v) is 2.65. The van der Waals surface area contributed by atoms with Gasteiger partial charge in [-0.25, -0.2) is 4.39 Å². The summed E-state index contributed by atoms with van der Waals surface area (Å²) in [6, 6.07) is 5.17. The van der Waals surface area contributed by atoms with Gasteiger partial charge in [0, 0.05) is 28.3 Å². The Bertz CT molecular complexity index is 635. The van der Waals surface area contributed by atoms with Crippen LogP contribution in [0.3, 0.4) is 0 Å². The summed E-state index contributed by atoms with van der Waals surface area (Å²) in [7, 11) is 0. The molecule has 0 saturated carbocycles. The van der Waals surface area contributed by atoms with Crippen molar-refractivity contribution in [2.24, 2.45) is 0 Å². The van der Waals surface area contributed by atoms with Crippen molar-refractivity contribution in [3.63, 3.8) is 0 Å². The molecular weight excluding hydrogens is 333 g/mol. The average molecular weight is 354 g/mol. The largest absolute Gasteiger partial charge is 0.310 e. The van der Waals surface area contributed by atoms with Crippen LogP contribution in [0.2, 0.25) is 0 Å². The first-order valence-electron chi connectivity index (χ1n) is 7.08. The summed E-state index contributed by atoms with van der Waals surface area (Å²) >= 11 is 3.47. The van der Waals surface area contributed by atoms with E-state index in [0.717, 1.165) is 28.0 Å². The molecule has 21 heavy (non-hydrogen) atoms. The van der Waals surface area contributed by atoms with E-state index in [9.17, 15) is 4.39 Å². The molecule has 3 nitrogen and oxygen atoms in total. The van der Waals surface area contributed by atoms with Gasteiger partial charge in [-0.2, -0.15) is 5.10 Å². The smallest absolute Gasteiger partial charge is 0.123 e. The lowest BCUT2D eigenvalue weighted by Gasteiger charge is -2.10. The van der Waals surface area contributed by atoms with Gasteiger partial charge in [-0.05, 0) is 37.6 Å². The second-order valence-electron chi connectivity index (χ2n) is 5.58. The maximum atomic E-state index is 13.4. The fraction of sp³-hybridized carbons (Fsp3) is 0.438. The molecule has 5 heteroatoms. The first-order chi connectivity index (χ1) is 9.88. The Labute approximate surface area is 133 Å². The lowest BCUT2D eigenvalue weighted by atomic mass is 10.2. The summed E-state index contributed by atoms with van der Waals surface area (Å²) in [6.45, 7) is 9.69. The molecule has 0 radical (unpaired) electrons. The molecule has 0 unspecified atom stereocenters. The number of rotatable bonds is 5. The second kappa shape index (κ2) is 6.71. The van der Waals surface area contributed by atoms with Crippen LogP contribution < -0.4 is 5.32 Å². The molecule has 1 aromatic heterocycles. The van der Waals surface area contributed by atoms with Crippen molar-refractivity contribution in [3.05, 3.63) is 51.0 Å². The first kappa shape index (κ1) is 16.2. The Morgan fingerprint density at radius 2 is 2.05 bits per heavy atom. The normalized spacial score (nSPS) is 11.4. The molecule has 0 saturated heterocycles. The Morgan fingerprint density at radius 3 is 2.71 bits per heavy atom. The number of benzene rings is 1. The quantitative estimate of drug-likeness (QED) is 0.881. The minimum absolute atomic E-state index is 0.226. The molecule has 2 rings (SSSR count). The summed E-state index contributed by atoms with van der Waals surface area (Å²) in [4.78, 5) is 0. The standard InChI is InChI=1S/C16H21BrFN3/c1-10(2)19-8-15-11(3)20-21(12(15)4)9-13-7-14(18)5-6-16(13)17/h5-7,10,19H,8-9H2,1-4H3. The Kier molecular flexibility index (Phi) is 5.17. The number of aryl methyl sites for hydroxylation is 1. The number of aromatic nitrogens is 2.